The molecule has 0 spiro atoms. The van der Waals surface area contributed by atoms with Crippen LogP contribution in [0.25, 0.3) is 0 Å². The standard InChI is InChI=1S/C12H17N3O/c1-9(2)16-6-5-15-11-4-3-10(8-13)12(14)7-11/h3-4,7,9,15H,5-6,14H2,1-2H3. The molecule has 0 atom stereocenters. The quantitative estimate of drug-likeness (QED) is 0.586. The molecule has 0 aliphatic heterocycles. The van der Waals surface area contributed by atoms with Gasteiger partial charge in [-0.1, -0.05) is 0 Å². The molecule has 1 aromatic carbocycles. The number of nitrogens with zero attached hydrogens (tertiary/aromatic N) is 1. The molecule has 0 aromatic heterocycles. The molecule has 4 nitrogen and oxygen atoms in total. The molecule has 0 heterocycles. The van der Waals surface area contributed by atoms with Gasteiger partial charge in [0.05, 0.1) is 24.0 Å². The van der Waals surface area contributed by atoms with Crippen molar-refractivity contribution in [3.8, 4) is 6.07 Å². The first-order chi connectivity index (χ1) is 7.63. The van der Waals surface area contributed by atoms with Gasteiger partial charge >= 0.3 is 0 Å². The molecule has 16 heavy (non-hydrogen) atoms. The Kier molecular flexibility index (Phi) is 4.62. The van der Waals surface area contributed by atoms with Crippen LogP contribution >= 0.6 is 0 Å². The Hall–Kier alpha value is -1.73. The van der Waals surface area contributed by atoms with E-state index in [0.717, 1.165) is 12.2 Å². The average molecular weight is 219 g/mol. The van der Waals surface area contributed by atoms with E-state index in [1.165, 1.54) is 0 Å². The first kappa shape index (κ1) is 12.3. The number of nitrogen functional groups attached to an aromatic ring is 1. The van der Waals surface area contributed by atoms with E-state index in [0.29, 0.717) is 17.9 Å². The molecule has 4 heteroatoms. The number of benzene rings is 1. The molecule has 0 saturated heterocycles. The molecule has 0 amide bonds. The van der Waals surface area contributed by atoms with Crippen LogP contribution in [0.2, 0.25) is 0 Å². The van der Waals surface area contributed by atoms with Gasteiger partial charge in [-0.3, -0.25) is 0 Å². The molecule has 1 rings (SSSR count). The van der Waals surface area contributed by atoms with E-state index in [1.807, 2.05) is 26.0 Å². The van der Waals surface area contributed by atoms with Gasteiger partial charge in [0, 0.05) is 12.2 Å². The fourth-order valence-corrected chi connectivity index (χ4v) is 1.26. The fraction of sp³-hybridized carbons (Fsp3) is 0.417. The predicted octanol–water partition coefficient (Wildman–Crippen LogP) is 1.98. The van der Waals surface area contributed by atoms with Crippen molar-refractivity contribution >= 4 is 11.4 Å². The predicted molar refractivity (Wildman–Crippen MR) is 65.1 cm³/mol. The van der Waals surface area contributed by atoms with Crippen LogP contribution in [0.15, 0.2) is 18.2 Å². The zero-order valence-corrected chi connectivity index (χ0v) is 9.66. The van der Waals surface area contributed by atoms with Gasteiger partial charge in [-0.25, -0.2) is 0 Å². The van der Waals surface area contributed by atoms with Gasteiger partial charge in [0.15, 0.2) is 0 Å². The molecule has 0 saturated carbocycles. The lowest BCUT2D eigenvalue weighted by Crippen LogP contribution is -2.13. The molecule has 0 bridgehead atoms. The third-order valence-corrected chi connectivity index (χ3v) is 2.05. The van der Waals surface area contributed by atoms with E-state index in [1.54, 1.807) is 12.1 Å². The van der Waals surface area contributed by atoms with Crippen molar-refractivity contribution in [3.63, 3.8) is 0 Å². The topological polar surface area (TPSA) is 71.1 Å². The van der Waals surface area contributed by atoms with E-state index in [2.05, 4.69) is 5.32 Å². The highest BCUT2D eigenvalue weighted by atomic mass is 16.5. The summed E-state index contributed by atoms with van der Waals surface area (Å²) in [6, 6.07) is 7.33. The zero-order valence-electron chi connectivity index (χ0n) is 9.66. The van der Waals surface area contributed by atoms with Gasteiger partial charge < -0.3 is 15.8 Å². The fourth-order valence-electron chi connectivity index (χ4n) is 1.26. The second kappa shape index (κ2) is 5.99. The maximum Gasteiger partial charge on any atom is 0.101 e. The Morgan fingerprint density at radius 2 is 2.25 bits per heavy atom. The number of rotatable bonds is 5. The molecular formula is C12H17N3O. The van der Waals surface area contributed by atoms with Crippen molar-refractivity contribution in [2.75, 3.05) is 24.2 Å². The van der Waals surface area contributed by atoms with Crippen molar-refractivity contribution in [2.45, 2.75) is 20.0 Å². The van der Waals surface area contributed by atoms with Gasteiger partial charge in [-0.2, -0.15) is 5.26 Å². The van der Waals surface area contributed by atoms with Crippen molar-refractivity contribution in [1.82, 2.24) is 0 Å². The Labute approximate surface area is 96.0 Å². The maximum atomic E-state index is 8.71. The van der Waals surface area contributed by atoms with E-state index in [4.69, 9.17) is 15.7 Å². The molecule has 0 aliphatic carbocycles. The van der Waals surface area contributed by atoms with E-state index < -0.39 is 0 Å². The van der Waals surface area contributed by atoms with Gasteiger partial charge in [0.2, 0.25) is 0 Å². The Morgan fingerprint density at radius 3 is 2.81 bits per heavy atom. The van der Waals surface area contributed by atoms with Crippen LogP contribution in [0.1, 0.15) is 19.4 Å². The highest BCUT2D eigenvalue weighted by Gasteiger charge is 1.99. The monoisotopic (exact) mass is 219 g/mol. The number of nitriles is 1. The largest absolute Gasteiger partial charge is 0.398 e. The first-order valence-electron chi connectivity index (χ1n) is 5.28. The summed E-state index contributed by atoms with van der Waals surface area (Å²) in [5.74, 6) is 0. The van der Waals surface area contributed by atoms with E-state index in [9.17, 15) is 0 Å². The van der Waals surface area contributed by atoms with Crippen LogP contribution in [0.5, 0.6) is 0 Å². The zero-order chi connectivity index (χ0) is 12.0. The highest BCUT2D eigenvalue weighted by molar-refractivity contribution is 5.62. The van der Waals surface area contributed by atoms with Crippen LogP contribution in [0.4, 0.5) is 11.4 Å². The number of anilines is 2. The summed E-state index contributed by atoms with van der Waals surface area (Å²) >= 11 is 0. The van der Waals surface area contributed by atoms with Crippen LogP contribution < -0.4 is 11.1 Å². The number of ether oxygens (including phenoxy) is 1. The number of nitrogens with one attached hydrogen (secondary N) is 1. The molecule has 3 N–H and O–H groups in total. The minimum atomic E-state index is 0.243. The Balaban J connectivity index is 2.44. The van der Waals surface area contributed by atoms with Crippen molar-refractivity contribution in [3.05, 3.63) is 23.8 Å². The number of hydrogen-bond donors (Lipinski definition) is 2. The second-order valence-electron chi connectivity index (χ2n) is 3.76. The Morgan fingerprint density at radius 1 is 1.50 bits per heavy atom. The van der Waals surface area contributed by atoms with Gasteiger partial charge in [0.25, 0.3) is 0 Å². The van der Waals surface area contributed by atoms with E-state index in [-0.39, 0.29) is 6.10 Å². The van der Waals surface area contributed by atoms with Crippen LogP contribution in [-0.2, 0) is 4.74 Å². The minimum absolute atomic E-state index is 0.243. The number of nitrogens with two attached hydrogens (primary N) is 1. The van der Waals surface area contributed by atoms with Crippen LogP contribution in [-0.4, -0.2) is 19.3 Å². The average Bonchev–Trinajstić information content (AvgIpc) is 2.24. The normalized spacial score (nSPS) is 10.1. The number of hydrogen-bond acceptors (Lipinski definition) is 4. The molecule has 86 valence electrons. The molecule has 1 aromatic rings. The molecule has 0 radical (unpaired) electrons. The third kappa shape index (κ3) is 3.79. The van der Waals surface area contributed by atoms with Gasteiger partial charge in [-0.15, -0.1) is 0 Å². The van der Waals surface area contributed by atoms with E-state index >= 15 is 0 Å². The molecule has 0 aliphatic rings. The summed E-state index contributed by atoms with van der Waals surface area (Å²) in [5.41, 5.74) is 7.60. The molecule has 0 unspecified atom stereocenters. The minimum Gasteiger partial charge on any atom is -0.398 e. The summed E-state index contributed by atoms with van der Waals surface area (Å²) < 4.78 is 5.39. The molecular weight excluding hydrogens is 202 g/mol. The summed E-state index contributed by atoms with van der Waals surface area (Å²) in [5, 5.41) is 11.9. The maximum absolute atomic E-state index is 8.71. The SMILES string of the molecule is CC(C)OCCNc1ccc(C#N)c(N)c1. The summed E-state index contributed by atoms with van der Waals surface area (Å²) in [7, 11) is 0. The van der Waals surface area contributed by atoms with Gasteiger partial charge in [0.1, 0.15) is 6.07 Å². The third-order valence-electron chi connectivity index (χ3n) is 2.05. The van der Waals surface area contributed by atoms with Crippen LogP contribution in [0.3, 0.4) is 0 Å². The Bertz CT molecular complexity index is 382. The lowest BCUT2D eigenvalue weighted by Gasteiger charge is -2.10. The summed E-state index contributed by atoms with van der Waals surface area (Å²) in [6.07, 6.45) is 0.243. The smallest absolute Gasteiger partial charge is 0.101 e. The summed E-state index contributed by atoms with van der Waals surface area (Å²) in [6.45, 7) is 5.38. The summed E-state index contributed by atoms with van der Waals surface area (Å²) in [4.78, 5) is 0. The highest BCUT2D eigenvalue weighted by Crippen LogP contribution is 2.16. The lowest BCUT2D eigenvalue weighted by atomic mass is 10.2. The van der Waals surface area contributed by atoms with Crippen LogP contribution in [0, 0.1) is 11.3 Å². The van der Waals surface area contributed by atoms with Crippen molar-refractivity contribution in [1.29, 1.82) is 5.26 Å². The first-order valence-corrected chi connectivity index (χ1v) is 5.28. The van der Waals surface area contributed by atoms with Gasteiger partial charge in [-0.05, 0) is 32.0 Å². The second-order valence-corrected chi connectivity index (χ2v) is 3.76. The van der Waals surface area contributed by atoms with Crippen molar-refractivity contribution < 1.29 is 4.74 Å². The molecule has 0 fully saturated rings. The van der Waals surface area contributed by atoms with Crippen molar-refractivity contribution in [2.24, 2.45) is 0 Å². The lowest BCUT2D eigenvalue weighted by molar-refractivity contribution is 0.0870.